The van der Waals surface area contributed by atoms with E-state index in [1.54, 1.807) is 9.45 Å². The summed E-state index contributed by atoms with van der Waals surface area (Å²) in [6.07, 6.45) is 16.5. The minimum atomic E-state index is -1.51. The van der Waals surface area contributed by atoms with Crippen LogP contribution in [0.25, 0.3) is 0 Å². The van der Waals surface area contributed by atoms with Crippen molar-refractivity contribution in [2.75, 3.05) is 0 Å². The van der Waals surface area contributed by atoms with Crippen molar-refractivity contribution in [3.8, 4) is 0 Å². The molecule has 1 aliphatic heterocycles. The van der Waals surface area contributed by atoms with Gasteiger partial charge >= 0.3 is 83.1 Å². The van der Waals surface area contributed by atoms with Crippen LogP contribution >= 0.6 is 0 Å². The van der Waals surface area contributed by atoms with Crippen LogP contribution in [0.15, 0.2) is 44.2 Å². The first kappa shape index (κ1) is 8.02. The third-order valence-electron chi connectivity index (χ3n) is 3.52. The standard InChI is InChI=1S/2C5H5.C2H4.Ti.2H/c2*1-2-4-5-3-1;1-2;;;/h2*1-3H,4H2;1-2H2;;;/q;;;+2;2*-1. The Balaban J connectivity index is 0.000000562. The van der Waals surface area contributed by atoms with Crippen LogP contribution in [0.4, 0.5) is 0 Å². The Morgan fingerprint density at radius 2 is 1.46 bits per heavy atom. The molecule has 0 unspecified atom stereocenters. The third kappa shape index (κ3) is 1.16. The van der Waals surface area contributed by atoms with E-state index in [1.165, 1.54) is 12.8 Å². The summed E-state index contributed by atoms with van der Waals surface area (Å²) in [6.45, 7) is 0. The number of hydrogen-bond donors (Lipinski definition) is 0. The largest absolute Gasteiger partial charge is 1.00 e. The van der Waals surface area contributed by atoms with Crippen LogP contribution in [-0.4, -0.2) is 0 Å². The van der Waals surface area contributed by atoms with Gasteiger partial charge in [0.25, 0.3) is 0 Å². The Labute approximate surface area is 86.0 Å². The molecule has 0 atom stereocenters. The molecule has 0 aromatic rings. The molecule has 2 aliphatic carbocycles. The van der Waals surface area contributed by atoms with Crippen molar-refractivity contribution >= 4 is 0 Å². The fourth-order valence-electron chi connectivity index (χ4n) is 2.58. The second-order valence-corrected chi connectivity index (χ2v) is 11.2. The molecule has 0 amide bonds. The van der Waals surface area contributed by atoms with Crippen molar-refractivity contribution in [1.82, 2.24) is 0 Å². The topological polar surface area (TPSA) is 0 Å². The molecule has 3 aliphatic rings. The summed E-state index contributed by atoms with van der Waals surface area (Å²) in [4.78, 5) is 0. The number of rotatable bonds is 2. The fourth-order valence-corrected chi connectivity index (χ4v) is 10.1. The van der Waals surface area contributed by atoms with Crippen molar-refractivity contribution in [2.24, 2.45) is 0 Å². The Hall–Kier alpha value is -0.326. The normalized spacial score (nSPS) is 25.2. The molecule has 0 aromatic heterocycles. The van der Waals surface area contributed by atoms with Crippen LogP contribution in [0.2, 0.25) is 9.45 Å². The second kappa shape index (κ2) is 2.83. The summed E-state index contributed by atoms with van der Waals surface area (Å²) in [5.74, 6) is 0. The molecule has 68 valence electrons. The molecule has 1 saturated heterocycles. The van der Waals surface area contributed by atoms with Crippen molar-refractivity contribution in [3.05, 3.63) is 44.2 Å². The average Bonchev–Trinajstić information content (AvgIpc) is 2.68. The smallest absolute Gasteiger partial charge is 1.00 e. The van der Waals surface area contributed by atoms with Crippen LogP contribution in [0.1, 0.15) is 15.7 Å². The molecule has 13 heavy (non-hydrogen) atoms. The van der Waals surface area contributed by atoms with Crippen LogP contribution in [0, 0.1) is 0 Å². The van der Waals surface area contributed by atoms with E-state index < -0.39 is 16.6 Å². The van der Waals surface area contributed by atoms with Gasteiger partial charge in [-0.25, -0.2) is 0 Å². The van der Waals surface area contributed by atoms with Gasteiger partial charge in [0.2, 0.25) is 0 Å². The fraction of sp³-hybridized carbons (Fsp3) is 0.333. The first-order valence-corrected chi connectivity index (χ1v) is 8.91. The van der Waals surface area contributed by atoms with Gasteiger partial charge in [-0.1, -0.05) is 0 Å². The molecule has 0 spiro atoms. The molecule has 0 aromatic carbocycles. The Kier molecular flexibility index (Phi) is 1.75. The maximum absolute atomic E-state index is 2.41. The molecule has 1 heteroatoms. The van der Waals surface area contributed by atoms with E-state index in [-0.39, 0.29) is 2.85 Å². The van der Waals surface area contributed by atoms with Crippen LogP contribution in [0.5, 0.6) is 0 Å². The van der Waals surface area contributed by atoms with Crippen LogP contribution in [0.3, 0.4) is 0 Å². The van der Waals surface area contributed by atoms with E-state index in [4.69, 9.17) is 0 Å². The summed E-state index contributed by atoms with van der Waals surface area (Å²) in [5, 5.41) is 0. The molecule has 0 saturated carbocycles. The van der Waals surface area contributed by atoms with Gasteiger partial charge in [-0.2, -0.15) is 0 Å². The van der Waals surface area contributed by atoms with Gasteiger partial charge < -0.3 is 2.85 Å². The van der Waals surface area contributed by atoms with Crippen LogP contribution < -0.4 is 0 Å². The second-order valence-electron chi connectivity index (χ2n) is 4.23. The zero-order valence-corrected chi connectivity index (χ0v) is 9.35. The molecule has 0 bridgehead atoms. The molecule has 1 heterocycles. The van der Waals surface area contributed by atoms with Crippen molar-refractivity contribution < 1.29 is 19.4 Å². The zero-order valence-electron chi connectivity index (χ0n) is 9.79. The predicted octanol–water partition coefficient (Wildman–Crippen LogP) is 3.90. The first-order valence-electron chi connectivity index (χ1n) is 5.14. The maximum Gasteiger partial charge on any atom is -1.00 e. The van der Waals surface area contributed by atoms with E-state index in [0.717, 1.165) is 0 Å². The SMILES string of the molecule is C1=CC[C]([Ti+2]2([C]3=CC=CC3)[CH2][CH2]2)=C1.[H-].[H-]. The Morgan fingerprint density at radius 3 is 1.77 bits per heavy atom. The molecular weight excluding hydrogens is 192 g/mol. The monoisotopic (exact) mass is 208 g/mol. The van der Waals surface area contributed by atoms with Gasteiger partial charge in [0.05, 0.1) is 0 Å². The summed E-state index contributed by atoms with van der Waals surface area (Å²) >= 11 is -1.51. The molecule has 0 radical (unpaired) electrons. The molecule has 3 rings (SSSR count). The average molecular weight is 208 g/mol. The summed E-state index contributed by atoms with van der Waals surface area (Å²) in [5.41, 5.74) is 0. The van der Waals surface area contributed by atoms with Crippen molar-refractivity contribution in [2.45, 2.75) is 22.3 Å². The van der Waals surface area contributed by atoms with Crippen molar-refractivity contribution in [1.29, 1.82) is 0 Å². The van der Waals surface area contributed by atoms with Gasteiger partial charge in [-0.05, 0) is 0 Å². The van der Waals surface area contributed by atoms with Crippen molar-refractivity contribution in [3.63, 3.8) is 0 Å². The third-order valence-corrected chi connectivity index (χ3v) is 10.9. The summed E-state index contributed by atoms with van der Waals surface area (Å²) in [6, 6.07) is 0. The Morgan fingerprint density at radius 1 is 0.923 bits per heavy atom. The van der Waals surface area contributed by atoms with Crippen LogP contribution in [-0.2, 0) is 16.6 Å². The maximum atomic E-state index is 2.41. The van der Waals surface area contributed by atoms with E-state index in [9.17, 15) is 0 Å². The Bertz CT molecular complexity index is 328. The number of hydrogen-bond acceptors (Lipinski definition) is 0. The van der Waals surface area contributed by atoms with Gasteiger partial charge in [-0.3, -0.25) is 0 Å². The number of allylic oxidation sites excluding steroid dienone is 8. The molecule has 0 nitrogen and oxygen atoms in total. The van der Waals surface area contributed by atoms with Gasteiger partial charge in [0.15, 0.2) is 0 Å². The van der Waals surface area contributed by atoms with E-state index >= 15 is 0 Å². The quantitative estimate of drug-likeness (QED) is 0.603. The minimum absolute atomic E-state index is 0. The molecule has 0 N–H and O–H groups in total. The predicted molar refractivity (Wildman–Crippen MR) is 55.5 cm³/mol. The minimum Gasteiger partial charge on any atom is -1.00 e. The van der Waals surface area contributed by atoms with Gasteiger partial charge in [0.1, 0.15) is 0 Å². The molecular formula is C12H16Ti. The summed E-state index contributed by atoms with van der Waals surface area (Å²) < 4.78 is 6.83. The van der Waals surface area contributed by atoms with E-state index in [1.807, 2.05) is 7.76 Å². The van der Waals surface area contributed by atoms with Gasteiger partial charge in [-0.15, -0.1) is 0 Å². The first-order chi connectivity index (χ1) is 6.42. The van der Waals surface area contributed by atoms with Gasteiger partial charge in [0, 0.05) is 0 Å². The van der Waals surface area contributed by atoms with E-state index in [0.29, 0.717) is 0 Å². The molecule has 1 fully saturated rings. The zero-order chi connectivity index (χ0) is 8.73. The van der Waals surface area contributed by atoms with E-state index in [2.05, 4.69) is 36.5 Å². The summed E-state index contributed by atoms with van der Waals surface area (Å²) in [7, 11) is 0.